The molecule has 134 valence electrons. The van der Waals surface area contributed by atoms with Gasteiger partial charge in [0.1, 0.15) is 11.3 Å². The predicted molar refractivity (Wildman–Crippen MR) is 110 cm³/mol. The summed E-state index contributed by atoms with van der Waals surface area (Å²) in [6.45, 7) is 8.28. The summed E-state index contributed by atoms with van der Waals surface area (Å²) in [6, 6.07) is 18.6. The molecule has 2 heterocycles. The van der Waals surface area contributed by atoms with Gasteiger partial charge < -0.3 is 0 Å². The number of aromatic nitrogens is 2. The van der Waals surface area contributed by atoms with E-state index < -0.39 is 0 Å². The first-order valence-electron chi connectivity index (χ1n) is 9.06. The number of hydrogen-bond donors (Lipinski definition) is 0. The molecule has 0 unspecified atom stereocenters. The van der Waals surface area contributed by atoms with Gasteiger partial charge in [-0.2, -0.15) is 0 Å². The number of fused-ring (bicyclic) bond motifs is 1. The fourth-order valence-corrected chi connectivity index (χ4v) is 3.16. The molecule has 0 atom stereocenters. The number of hydrogen-bond acceptors (Lipinski definition) is 3. The highest BCUT2D eigenvalue weighted by Crippen LogP contribution is 2.33. The molecular weight excluding hydrogens is 332 g/mol. The third-order valence-corrected chi connectivity index (χ3v) is 4.67. The molecule has 0 radical (unpaired) electrons. The normalized spacial score (nSPS) is 11.6. The van der Waals surface area contributed by atoms with Crippen LogP contribution in [-0.2, 0) is 0 Å². The molecule has 0 amide bonds. The second kappa shape index (κ2) is 6.80. The number of aryl methyl sites for hydroxylation is 4. The molecular formula is C23H22N4. The van der Waals surface area contributed by atoms with Gasteiger partial charge in [0.25, 0.3) is 0 Å². The lowest BCUT2D eigenvalue weighted by molar-refractivity contribution is 1.09. The average Bonchev–Trinajstić information content (AvgIpc) is 2.99. The Hall–Kier alpha value is -3.27. The highest BCUT2D eigenvalue weighted by molar-refractivity contribution is 5.74. The number of imidazole rings is 1. The van der Waals surface area contributed by atoms with Crippen LogP contribution in [0.25, 0.3) is 16.9 Å². The van der Waals surface area contributed by atoms with E-state index in [1.165, 1.54) is 11.1 Å². The molecule has 0 N–H and O–H groups in total. The molecule has 0 aliphatic carbocycles. The molecule has 4 heteroatoms. The first-order chi connectivity index (χ1) is 13.0. The van der Waals surface area contributed by atoms with Crippen molar-refractivity contribution in [1.29, 1.82) is 0 Å². The molecule has 0 aliphatic heterocycles. The van der Waals surface area contributed by atoms with Gasteiger partial charge >= 0.3 is 0 Å². The van der Waals surface area contributed by atoms with Crippen LogP contribution in [0.15, 0.2) is 71.0 Å². The van der Waals surface area contributed by atoms with Gasteiger partial charge in [-0.05, 0) is 51.0 Å². The SMILES string of the molecule is Cc1ccc(-c2nc3ccc(C)cn3c2N=Nc2ccc(C)cc2C)cc1. The number of nitrogens with zero attached hydrogens (tertiary/aromatic N) is 4. The van der Waals surface area contributed by atoms with Gasteiger partial charge in [-0.15, -0.1) is 10.2 Å². The van der Waals surface area contributed by atoms with Crippen molar-refractivity contribution < 1.29 is 0 Å². The quantitative estimate of drug-likeness (QED) is 0.380. The van der Waals surface area contributed by atoms with Gasteiger partial charge in [-0.3, -0.25) is 4.40 Å². The molecule has 4 aromatic rings. The van der Waals surface area contributed by atoms with Crippen molar-refractivity contribution in [3.05, 3.63) is 83.0 Å². The summed E-state index contributed by atoms with van der Waals surface area (Å²) in [5.74, 6) is 0.748. The Balaban J connectivity index is 1.88. The van der Waals surface area contributed by atoms with Crippen molar-refractivity contribution in [3.8, 4) is 11.3 Å². The lowest BCUT2D eigenvalue weighted by Gasteiger charge is -2.03. The van der Waals surface area contributed by atoms with Crippen LogP contribution in [0.3, 0.4) is 0 Å². The summed E-state index contributed by atoms with van der Waals surface area (Å²) in [7, 11) is 0. The average molecular weight is 354 g/mol. The van der Waals surface area contributed by atoms with Gasteiger partial charge in [0.15, 0.2) is 5.82 Å². The molecule has 4 rings (SSSR count). The molecule has 0 saturated heterocycles. The van der Waals surface area contributed by atoms with Crippen LogP contribution in [0.1, 0.15) is 22.3 Å². The molecule has 0 bridgehead atoms. The maximum absolute atomic E-state index is 4.81. The van der Waals surface area contributed by atoms with Crippen molar-refractivity contribution in [1.82, 2.24) is 9.38 Å². The lowest BCUT2D eigenvalue weighted by Crippen LogP contribution is -1.85. The second-order valence-corrected chi connectivity index (χ2v) is 7.07. The Morgan fingerprint density at radius 2 is 1.44 bits per heavy atom. The smallest absolute Gasteiger partial charge is 0.187 e. The molecule has 2 aromatic carbocycles. The van der Waals surface area contributed by atoms with E-state index in [1.807, 2.05) is 16.5 Å². The van der Waals surface area contributed by atoms with Gasteiger partial charge in [-0.25, -0.2) is 4.98 Å². The van der Waals surface area contributed by atoms with Crippen molar-refractivity contribution >= 4 is 17.2 Å². The Labute approximate surface area is 159 Å². The second-order valence-electron chi connectivity index (χ2n) is 7.07. The van der Waals surface area contributed by atoms with Crippen LogP contribution in [0, 0.1) is 27.7 Å². The van der Waals surface area contributed by atoms with E-state index in [1.54, 1.807) is 0 Å². The first-order valence-corrected chi connectivity index (χ1v) is 9.06. The van der Waals surface area contributed by atoms with E-state index in [-0.39, 0.29) is 0 Å². The number of rotatable bonds is 3. The van der Waals surface area contributed by atoms with E-state index in [9.17, 15) is 0 Å². The summed E-state index contributed by atoms with van der Waals surface area (Å²) in [4.78, 5) is 4.81. The van der Waals surface area contributed by atoms with Crippen LogP contribution in [0.5, 0.6) is 0 Å². The van der Waals surface area contributed by atoms with Gasteiger partial charge in [0.05, 0.1) is 5.69 Å². The third-order valence-electron chi connectivity index (χ3n) is 4.67. The Morgan fingerprint density at radius 3 is 2.19 bits per heavy atom. The predicted octanol–water partition coefficient (Wildman–Crippen LogP) is 6.65. The maximum Gasteiger partial charge on any atom is 0.187 e. The monoisotopic (exact) mass is 354 g/mol. The number of pyridine rings is 1. The van der Waals surface area contributed by atoms with Crippen molar-refractivity contribution in [2.45, 2.75) is 27.7 Å². The van der Waals surface area contributed by atoms with E-state index in [4.69, 9.17) is 4.98 Å². The summed E-state index contributed by atoms with van der Waals surface area (Å²) in [5.41, 5.74) is 8.32. The van der Waals surface area contributed by atoms with Crippen LogP contribution in [0.2, 0.25) is 0 Å². The minimum Gasteiger partial charge on any atom is -0.282 e. The molecule has 27 heavy (non-hydrogen) atoms. The summed E-state index contributed by atoms with van der Waals surface area (Å²) in [6.07, 6.45) is 2.05. The zero-order valence-corrected chi connectivity index (χ0v) is 16.1. The van der Waals surface area contributed by atoms with Crippen LogP contribution in [-0.4, -0.2) is 9.38 Å². The summed E-state index contributed by atoms with van der Waals surface area (Å²) >= 11 is 0. The minimum absolute atomic E-state index is 0.748. The first kappa shape index (κ1) is 17.2. The van der Waals surface area contributed by atoms with Gasteiger partial charge in [0, 0.05) is 11.8 Å². The largest absolute Gasteiger partial charge is 0.282 e. The summed E-state index contributed by atoms with van der Waals surface area (Å²) in [5, 5.41) is 9.16. The maximum atomic E-state index is 4.81. The van der Waals surface area contributed by atoms with Crippen LogP contribution >= 0.6 is 0 Å². The topological polar surface area (TPSA) is 42.0 Å². The van der Waals surface area contributed by atoms with Crippen molar-refractivity contribution in [3.63, 3.8) is 0 Å². The zero-order valence-electron chi connectivity index (χ0n) is 16.1. The highest BCUT2D eigenvalue weighted by Gasteiger charge is 2.14. The Kier molecular flexibility index (Phi) is 4.32. The van der Waals surface area contributed by atoms with E-state index >= 15 is 0 Å². The zero-order chi connectivity index (χ0) is 19.0. The molecule has 4 nitrogen and oxygen atoms in total. The minimum atomic E-state index is 0.748. The number of benzene rings is 2. The van der Waals surface area contributed by atoms with E-state index in [2.05, 4.69) is 86.6 Å². The molecule has 0 spiro atoms. The Morgan fingerprint density at radius 1 is 0.741 bits per heavy atom. The van der Waals surface area contributed by atoms with Gasteiger partial charge in [0.2, 0.25) is 0 Å². The molecule has 2 aromatic heterocycles. The van der Waals surface area contributed by atoms with Crippen molar-refractivity contribution in [2.75, 3.05) is 0 Å². The van der Waals surface area contributed by atoms with Crippen LogP contribution in [0.4, 0.5) is 11.5 Å². The Bertz CT molecular complexity index is 1150. The van der Waals surface area contributed by atoms with Crippen LogP contribution < -0.4 is 0 Å². The fourth-order valence-electron chi connectivity index (χ4n) is 3.16. The standard InChI is InChI=1S/C23H22N4/c1-15-5-9-19(10-6-15)22-23(27-14-17(3)8-12-21(27)24-22)26-25-20-11-7-16(2)13-18(20)4/h5-14H,1-4H3. The summed E-state index contributed by atoms with van der Waals surface area (Å²) < 4.78 is 2.01. The lowest BCUT2D eigenvalue weighted by atomic mass is 10.1. The third kappa shape index (κ3) is 3.38. The highest BCUT2D eigenvalue weighted by atomic mass is 15.2. The van der Waals surface area contributed by atoms with E-state index in [0.717, 1.165) is 39.5 Å². The molecule has 0 saturated carbocycles. The number of azo groups is 1. The molecule has 0 aliphatic rings. The molecule has 0 fully saturated rings. The van der Waals surface area contributed by atoms with Crippen molar-refractivity contribution in [2.24, 2.45) is 10.2 Å². The van der Waals surface area contributed by atoms with Gasteiger partial charge in [-0.1, -0.05) is 53.6 Å². The fraction of sp³-hybridized carbons (Fsp3) is 0.174. The van der Waals surface area contributed by atoms with E-state index in [0.29, 0.717) is 0 Å².